The Hall–Kier alpha value is -2.20. The average Bonchev–Trinajstić information content (AvgIpc) is 2.44. The van der Waals surface area contributed by atoms with E-state index < -0.39 is 6.09 Å². The normalized spacial score (nSPS) is 11.5. The fourth-order valence-electron chi connectivity index (χ4n) is 2.23. The number of hydrogen-bond donors (Lipinski definition) is 1. The molecule has 0 unspecified atom stereocenters. The second kappa shape index (κ2) is 7.55. The molecule has 4 nitrogen and oxygen atoms in total. The van der Waals surface area contributed by atoms with E-state index in [0.29, 0.717) is 0 Å². The van der Waals surface area contributed by atoms with Gasteiger partial charge in [-0.3, -0.25) is 5.73 Å². The highest BCUT2D eigenvalue weighted by atomic mass is 16.6. The number of allylic oxidation sites excluding steroid dienone is 3. The van der Waals surface area contributed by atoms with Crippen LogP contribution >= 0.6 is 0 Å². The van der Waals surface area contributed by atoms with Crippen LogP contribution in [-0.2, 0) is 4.74 Å². The summed E-state index contributed by atoms with van der Waals surface area (Å²) in [5.41, 5.74) is 9.89. The highest BCUT2D eigenvalue weighted by Crippen LogP contribution is 2.20. The predicted octanol–water partition coefficient (Wildman–Crippen LogP) is 3.08. The van der Waals surface area contributed by atoms with Crippen LogP contribution in [-0.4, -0.2) is 30.2 Å². The minimum atomic E-state index is -0.489. The molecule has 1 aromatic rings. The lowest BCUT2D eigenvalue weighted by Gasteiger charge is -2.11. The van der Waals surface area contributed by atoms with Gasteiger partial charge >= 0.3 is 6.09 Å². The van der Waals surface area contributed by atoms with Gasteiger partial charge in [-0.15, -0.1) is 4.58 Å². The number of nitrogens with zero attached hydrogens (tertiary/aromatic N) is 1. The number of rotatable bonds is 4. The summed E-state index contributed by atoms with van der Waals surface area (Å²) < 4.78 is 6.38. The third kappa shape index (κ3) is 4.13. The maximum absolute atomic E-state index is 12.1. The molecule has 0 bridgehead atoms. The first-order valence-corrected chi connectivity index (χ1v) is 6.76. The van der Waals surface area contributed by atoms with Gasteiger partial charge < -0.3 is 4.74 Å². The molecule has 1 rings (SSSR count). The van der Waals surface area contributed by atoms with Crippen LogP contribution in [0.4, 0.5) is 4.79 Å². The van der Waals surface area contributed by atoms with Crippen molar-refractivity contribution >= 4 is 11.8 Å². The molecule has 1 aromatic carbocycles. The predicted molar refractivity (Wildman–Crippen MR) is 85.5 cm³/mol. The van der Waals surface area contributed by atoms with Crippen LogP contribution in [0.15, 0.2) is 53.6 Å². The maximum atomic E-state index is 12.1. The Morgan fingerprint density at radius 3 is 2.24 bits per heavy atom. The lowest BCUT2D eigenvalue weighted by atomic mass is 9.93. The molecule has 0 heterocycles. The number of amides is 1. The molecule has 0 aliphatic heterocycles. The number of nitrogens with two attached hydrogens (primary N) is 1. The SMILES string of the molecule is C=C(C)C(=C(C)C)C(c1ccccc1)=[N+](C)C(=O)OCN. The van der Waals surface area contributed by atoms with Gasteiger partial charge in [0.2, 0.25) is 5.71 Å². The van der Waals surface area contributed by atoms with E-state index in [1.807, 2.05) is 51.1 Å². The first kappa shape index (κ1) is 16.9. The third-order valence-corrected chi connectivity index (χ3v) is 3.03. The largest absolute Gasteiger partial charge is 0.598 e. The van der Waals surface area contributed by atoms with Crippen LogP contribution < -0.4 is 5.73 Å². The monoisotopic (exact) mass is 287 g/mol. The zero-order valence-electron chi connectivity index (χ0n) is 13.1. The van der Waals surface area contributed by atoms with Crippen molar-refractivity contribution in [2.45, 2.75) is 20.8 Å². The zero-order valence-corrected chi connectivity index (χ0v) is 13.1. The van der Waals surface area contributed by atoms with E-state index in [4.69, 9.17) is 10.5 Å². The number of benzene rings is 1. The second-order valence-corrected chi connectivity index (χ2v) is 5.01. The van der Waals surface area contributed by atoms with Gasteiger partial charge in [-0.05, 0) is 38.5 Å². The van der Waals surface area contributed by atoms with E-state index in [2.05, 4.69) is 6.58 Å². The van der Waals surface area contributed by atoms with Crippen molar-refractivity contribution in [1.82, 2.24) is 0 Å². The lowest BCUT2D eigenvalue weighted by molar-refractivity contribution is -0.413. The molecule has 0 fully saturated rings. The van der Waals surface area contributed by atoms with Gasteiger partial charge in [0.1, 0.15) is 13.8 Å². The van der Waals surface area contributed by atoms with Crippen LogP contribution in [0.2, 0.25) is 0 Å². The van der Waals surface area contributed by atoms with E-state index in [9.17, 15) is 4.79 Å². The van der Waals surface area contributed by atoms with E-state index in [-0.39, 0.29) is 6.73 Å². The van der Waals surface area contributed by atoms with Gasteiger partial charge in [0.15, 0.2) is 0 Å². The van der Waals surface area contributed by atoms with Gasteiger partial charge in [-0.2, -0.15) is 4.79 Å². The molecule has 112 valence electrons. The smallest absolute Gasteiger partial charge is 0.396 e. The molecular weight excluding hydrogens is 264 g/mol. The van der Waals surface area contributed by atoms with Crippen molar-refractivity contribution in [3.63, 3.8) is 0 Å². The van der Waals surface area contributed by atoms with Crippen molar-refractivity contribution in [2.24, 2.45) is 5.73 Å². The van der Waals surface area contributed by atoms with Crippen LogP contribution in [0.25, 0.3) is 0 Å². The molecule has 0 spiro atoms. The van der Waals surface area contributed by atoms with E-state index >= 15 is 0 Å². The van der Waals surface area contributed by atoms with E-state index in [1.165, 1.54) is 4.58 Å². The fraction of sp³-hybridized carbons (Fsp3) is 0.294. The first-order valence-electron chi connectivity index (χ1n) is 6.76. The Kier molecular flexibility index (Phi) is 6.06. The average molecular weight is 287 g/mol. The maximum Gasteiger partial charge on any atom is 0.598 e. The molecule has 0 aliphatic rings. The minimum Gasteiger partial charge on any atom is -0.396 e. The Morgan fingerprint density at radius 1 is 1.24 bits per heavy atom. The Bertz CT molecular complexity index is 594. The highest BCUT2D eigenvalue weighted by molar-refractivity contribution is 6.13. The summed E-state index contributed by atoms with van der Waals surface area (Å²) in [6.45, 7) is 9.79. The molecule has 0 aliphatic carbocycles. The fourth-order valence-corrected chi connectivity index (χ4v) is 2.23. The summed E-state index contributed by atoms with van der Waals surface area (Å²) >= 11 is 0. The molecular formula is C17H23N2O2+. The van der Waals surface area contributed by atoms with Gasteiger partial charge in [0.05, 0.1) is 0 Å². The van der Waals surface area contributed by atoms with Crippen molar-refractivity contribution in [3.05, 3.63) is 59.2 Å². The van der Waals surface area contributed by atoms with Crippen molar-refractivity contribution in [1.29, 1.82) is 0 Å². The molecule has 21 heavy (non-hydrogen) atoms. The van der Waals surface area contributed by atoms with Crippen LogP contribution in [0, 0.1) is 0 Å². The number of carbonyl (C=O) groups is 1. The molecule has 0 saturated carbocycles. The Morgan fingerprint density at radius 2 is 1.81 bits per heavy atom. The van der Waals surface area contributed by atoms with Gasteiger partial charge in [0, 0.05) is 11.1 Å². The summed E-state index contributed by atoms with van der Waals surface area (Å²) in [5.74, 6) is 0. The minimum absolute atomic E-state index is 0.150. The summed E-state index contributed by atoms with van der Waals surface area (Å²) in [5, 5.41) is 0. The number of carbonyl (C=O) groups excluding carboxylic acids is 1. The molecule has 0 saturated heterocycles. The highest BCUT2D eigenvalue weighted by Gasteiger charge is 2.27. The topological polar surface area (TPSA) is 55.3 Å². The summed E-state index contributed by atoms with van der Waals surface area (Å²) in [4.78, 5) is 12.1. The van der Waals surface area contributed by atoms with E-state index in [1.54, 1.807) is 7.05 Å². The molecule has 0 atom stereocenters. The van der Waals surface area contributed by atoms with Gasteiger partial charge in [-0.25, -0.2) is 0 Å². The summed E-state index contributed by atoms with van der Waals surface area (Å²) in [7, 11) is 1.67. The standard InChI is InChI=1S/C17H23N2O2/c1-12(2)15(13(3)4)16(14-9-7-6-8-10-14)19(5)17(20)21-11-18/h6-10H,1,11,18H2,2-5H3/q+1. The number of hydrogen-bond acceptors (Lipinski definition) is 3. The van der Waals surface area contributed by atoms with E-state index in [0.717, 1.165) is 28.0 Å². The van der Waals surface area contributed by atoms with Crippen LogP contribution in [0.3, 0.4) is 0 Å². The quantitative estimate of drug-likeness (QED) is 0.401. The molecule has 0 radical (unpaired) electrons. The third-order valence-electron chi connectivity index (χ3n) is 3.03. The zero-order chi connectivity index (χ0) is 16.0. The van der Waals surface area contributed by atoms with Crippen LogP contribution in [0.5, 0.6) is 0 Å². The van der Waals surface area contributed by atoms with Crippen LogP contribution in [0.1, 0.15) is 26.3 Å². The van der Waals surface area contributed by atoms with Gasteiger partial charge in [0.25, 0.3) is 0 Å². The second-order valence-electron chi connectivity index (χ2n) is 5.01. The molecule has 0 aromatic heterocycles. The summed E-state index contributed by atoms with van der Waals surface area (Å²) in [6, 6.07) is 9.69. The number of ether oxygens (including phenoxy) is 1. The van der Waals surface area contributed by atoms with Crippen molar-refractivity contribution in [2.75, 3.05) is 13.8 Å². The summed E-state index contributed by atoms with van der Waals surface area (Å²) in [6.07, 6.45) is -0.489. The lowest BCUT2D eigenvalue weighted by Crippen LogP contribution is -2.29. The first-order chi connectivity index (χ1) is 9.90. The Labute approximate surface area is 126 Å². The molecule has 4 heteroatoms. The van der Waals surface area contributed by atoms with Crippen molar-refractivity contribution < 1.29 is 14.1 Å². The molecule has 1 amide bonds. The molecule has 2 N–H and O–H groups in total. The Balaban J connectivity index is 3.59. The van der Waals surface area contributed by atoms with Gasteiger partial charge in [-0.1, -0.05) is 30.4 Å². The van der Waals surface area contributed by atoms with Crippen molar-refractivity contribution in [3.8, 4) is 0 Å².